The molecule has 0 saturated carbocycles. The summed E-state index contributed by atoms with van der Waals surface area (Å²) < 4.78 is 39.4. The molecule has 1 atom stereocenters. The van der Waals surface area contributed by atoms with Crippen molar-refractivity contribution in [2.75, 3.05) is 13.2 Å². The van der Waals surface area contributed by atoms with E-state index in [-0.39, 0.29) is 4.90 Å². The molecule has 1 N–H and O–H groups in total. The van der Waals surface area contributed by atoms with Gasteiger partial charge in [0.1, 0.15) is 13.2 Å². The van der Waals surface area contributed by atoms with Gasteiger partial charge in [-0.3, -0.25) is 0 Å². The first-order chi connectivity index (χ1) is 12.5. The summed E-state index contributed by atoms with van der Waals surface area (Å²) in [6.07, 6.45) is 0. The summed E-state index contributed by atoms with van der Waals surface area (Å²) in [4.78, 5) is 0.251. The maximum absolute atomic E-state index is 12.8. The molecule has 0 radical (unpaired) electrons. The van der Waals surface area contributed by atoms with Crippen molar-refractivity contribution in [3.8, 4) is 11.5 Å². The van der Waals surface area contributed by atoms with Crippen LogP contribution in [0.2, 0.25) is 0 Å². The second-order valence-corrected chi connectivity index (χ2v) is 7.97. The van der Waals surface area contributed by atoms with Gasteiger partial charge < -0.3 is 9.47 Å². The van der Waals surface area contributed by atoms with Gasteiger partial charge in [0.25, 0.3) is 0 Å². The quantitative estimate of drug-likeness (QED) is 0.762. The van der Waals surface area contributed by atoms with Gasteiger partial charge in [-0.05, 0) is 47.5 Å². The van der Waals surface area contributed by atoms with Gasteiger partial charge in [-0.2, -0.15) is 0 Å². The van der Waals surface area contributed by atoms with Crippen LogP contribution in [0, 0.1) is 0 Å². The molecule has 26 heavy (non-hydrogen) atoms. The van der Waals surface area contributed by atoms with Crippen molar-refractivity contribution in [2.45, 2.75) is 17.9 Å². The van der Waals surface area contributed by atoms with Crippen LogP contribution in [0.1, 0.15) is 18.5 Å². The van der Waals surface area contributed by atoms with E-state index in [0.29, 0.717) is 24.7 Å². The second-order valence-electron chi connectivity index (χ2n) is 6.26. The highest BCUT2D eigenvalue weighted by Crippen LogP contribution is 2.33. The summed E-state index contributed by atoms with van der Waals surface area (Å²) in [5, 5.41) is 1.90. The number of hydrogen-bond acceptors (Lipinski definition) is 4. The summed E-state index contributed by atoms with van der Waals surface area (Å²) in [5.74, 6) is 1.33. The third-order valence-corrected chi connectivity index (χ3v) is 5.97. The fourth-order valence-electron chi connectivity index (χ4n) is 3.03. The van der Waals surface area contributed by atoms with Gasteiger partial charge in [0.05, 0.1) is 4.90 Å². The molecule has 0 aromatic heterocycles. The average molecular weight is 369 g/mol. The Labute approximate surface area is 152 Å². The summed E-state index contributed by atoms with van der Waals surface area (Å²) in [6, 6.07) is 17.9. The Morgan fingerprint density at radius 2 is 1.62 bits per heavy atom. The normalized spacial score (nSPS) is 15.0. The van der Waals surface area contributed by atoms with Crippen LogP contribution in [0.3, 0.4) is 0 Å². The van der Waals surface area contributed by atoms with E-state index in [1.807, 2.05) is 55.5 Å². The zero-order chi connectivity index (χ0) is 18.1. The van der Waals surface area contributed by atoms with Crippen molar-refractivity contribution in [1.29, 1.82) is 0 Å². The van der Waals surface area contributed by atoms with Crippen LogP contribution in [0.5, 0.6) is 11.5 Å². The Morgan fingerprint density at radius 1 is 0.885 bits per heavy atom. The van der Waals surface area contributed by atoms with Gasteiger partial charge in [-0.25, -0.2) is 13.1 Å². The first kappa shape index (κ1) is 16.9. The SMILES string of the molecule is CC(NS(=O)(=O)c1ccc2ccccc2c1)c1ccc2c(c1)OCCO2. The van der Waals surface area contributed by atoms with Gasteiger partial charge in [0.2, 0.25) is 10.0 Å². The zero-order valence-electron chi connectivity index (χ0n) is 14.3. The maximum Gasteiger partial charge on any atom is 0.241 e. The second kappa shape index (κ2) is 6.63. The molecule has 1 aliphatic heterocycles. The topological polar surface area (TPSA) is 64.6 Å². The molecule has 3 aromatic carbocycles. The molecule has 1 heterocycles. The van der Waals surface area contributed by atoms with Crippen LogP contribution in [0.15, 0.2) is 65.6 Å². The summed E-state index contributed by atoms with van der Waals surface area (Å²) >= 11 is 0. The molecule has 0 spiro atoms. The monoisotopic (exact) mass is 369 g/mol. The lowest BCUT2D eigenvalue weighted by molar-refractivity contribution is 0.171. The predicted molar refractivity (Wildman–Crippen MR) is 100 cm³/mol. The van der Waals surface area contributed by atoms with Crippen molar-refractivity contribution < 1.29 is 17.9 Å². The number of fused-ring (bicyclic) bond motifs is 2. The number of ether oxygens (including phenoxy) is 2. The standard InChI is InChI=1S/C20H19NO4S/c1-14(16-7-9-19-20(13-16)25-11-10-24-19)21-26(22,23)18-8-6-15-4-2-3-5-17(15)12-18/h2-9,12-14,21H,10-11H2,1H3. The van der Waals surface area contributed by atoms with E-state index in [2.05, 4.69) is 4.72 Å². The molecular weight excluding hydrogens is 350 g/mol. The van der Waals surface area contributed by atoms with E-state index in [9.17, 15) is 8.42 Å². The Bertz CT molecular complexity index is 1060. The Balaban J connectivity index is 1.60. The molecule has 134 valence electrons. The molecule has 1 aliphatic rings. The number of sulfonamides is 1. The summed E-state index contributed by atoms with van der Waals surface area (Å²) in [6.45, 7) is 2.83. The van der Waals surface area contributed by atoms with Crippen molar-refractivity contribution in [1.82, 2.24) is 4.72 Å². The van der Waals surface area contributed by atoms with E-state index < -0.39 is 16.1 Å². The Morgan fingerprint density at radius 3 is 2.42 bits per heavy atom. The van der Waals surface area contributed by atoms with Crippen LogP contribution in [0.25, 0.3) is 10.8 Å². The number of hydrogen-bond donors (Lipinski definition) is 1. The highest BCUT2D eigenvalue weighted by atomic mass is 32.2. The first-order valence-electron chi connectivity index (χ1n) is 8.44. The van der Waals surface area contributed by atoms with Crippen molar-refractivity contribution in [3.63, 3.8) is 0 Å². The van der Waals surface area contributed by atoms with Crippen LogP contribution in [0.4, 0.5) is 0 Å². The lowest BCUT2D eigenvalue weighted by atomic mass is 10.1. The largest absolute Gasteiger partial charge is 0.486 e. The van der Waals surface area contributed by atoms with E-state index in [1.165, 1.54) is 0 Å². The minimum absolute atomic E-state index is 0.251. The highest BCUT2D eigenvalue weighted by molar-refractivity contribution is 7.89. The molecule has 0 bridgehead atoms. The molecular formula is C20H19NO4S. The van der Waals surface area contributed by atoms with Crippen molar-refractivity contribution >= 4 is 20.8 Å². The molecule has 5 nitrogen and oxygen atoms in total. The highest BCUT2D eigenvalue weighted by Gasteiger charge is 2.20. The van der Waals surface area contributed by atoms with Gasteiger partial charge in [-0.15, -0.1) is 0 Å². The van der Waals surface area contributed by atoms with Crippen LogP contribution in [-0.4, -0.2) is 21.6 Å². The van der Waals surface area contributed by atoms with Crippen LogP contribution in [-0.2, 0) is 10.0 Å². The van der Waals surface area contributed by atoms with Gasteiger partial charge in [0.15, 0.2) is 11.5 Å². The van der Waals surface area contributed by atoms with E-state index in [1.54, 1.807) is 12.1 Å². The zero-order valence-corrected chi connectivity index (χ0v) is 15.1. The number of nitrogens with one attached hydrogen (secondary N) is 1. The maximum atomic E-state index is 12.8. The van der Waals surface area contributed by atoms with Crippen molar-refractivity contribution in [2.24, 2.45) is 0 Å². The molecule has 0 saturated heterocycles. The van der Waals surface area contributed by atoms with Gasteiger partial charge >= 0.3 is 0 Å². The number of benzene rings is 3. The van der Waals surface area contributed by atoms with Crippen LogP contribution >= 0.6 is 0 Å². The van der Waals surface area contributed by atoms with E-state index in [4.69, 9.17) is 9.47 Å². The molecule has 6 heteroatoms. The molecule has 1 unspecified atom stereocenters. The van der Waals surface area contributed by atoms with Gasteiger partial charge in [0, 0.05) is 6.04 Å². The molecule has 0 amide bonds. The smallest absolute Gasteiger partial charge is 0.241 e. The Kier molecular flexibility index (Phi) is 4.30. The average Bonchev–Trinajstić information content (AvgIpc) is 2.67. The Hall–Kier alpha value is -2.57. The van der Waals surface area contributed by atoms with E-state index in [0.717, 1.165) is 16.3 Å². The third-order valence-electron chi connectivity index (χ3n) is 4.43. The molecule has 0 fully saturated rings. The minimum Gasteiger partial charge on any atom is -0.486 e. The fraction of sp³-hybridized carbons (Fsp3) is 0.200. The van der Waals surface area contributed by atoms with Crippen LogP contribution < -0.4 is 14.2 Å². The minimum atomic E-state index is -3.64. The fourth-order valence-corrected chi connectivity index (χ4v) is 4.30. The van der Waals surface area contributed by atoms with Gasteiger partial charge in [-0.1, -0.05) is 36.4 Å². The van der Waals surface area contributed by atoms with Crippen molar-refractivity contribution in [3.05, 3.63) is 66.2 Å². The third kappa shape index (κ3) is 3.25. The molecule has 4 rings (SSSR count). The predicted octanol–water partition coefficient (Wildman–Crippen LogP) is 3.65. The number of rotatable bonds is 4. The van der Waals surface area contributed by atoms with E-state index >= 15 is 0 Å². The molecule has 0 aliphatic carbocycles. The lowest BCUT2D eigenvalue weighted by Crippen LogP contribution is -2.27. The summed E-state index contributed by atoms with van der Waals surface area (Å²) in [5.41, 5.74) is 0.818. The first-order valence-corrected chi connectivity index (χ1v) is 9.92. The summed E-state index contributed by atoms with van der Waals surface area (Å²) in [7, 11) is -3.64. The lowest BCUT2D eigenvalue weighted by Gasteiger charge is -2.21. The molecule has 3 aromatic rings.